The molecule has 0 saturated heterocycles. The molecular weight excluding hydrogens is 148 g/mol. The van der Waals surface area contributed by atoms with Gasteiger partial charge in [0, 0.05) is 0 Å². The summed E-state index contributed by atoms with van der Waals surface area (Å²) in [5.41, 5.74) is 0.312. The quantitative estimate of drug-likeness (QED) is 0.607. The summed E-state index contributed by atoms with van der Waals surface area (Å²) in [6, 6.07) is 0. The van der Waals surface area contributed by atoms with Gasteiger partial charge in [-0.15, -0.1) is 0 Å². The Morgan fingerprint density at radius 1 is 1.25 bits per heavy atom. The fraction of sp³-hybridized carbons (Fsp3) is 1.00. The number of hydrogen-bond acceptors (Lipinski definition) is 1. The molecule has 72 valence electrons. The second-order valence-electron chi connectivity index (χ2n) is 4.52. The highest BCUT2D eigenvalue weighted by Gasteiger charge is 2.43. The second-order valence-corrected chi connectivity index (χ2v) is 4.52. The average Bonchev–Trinajstić information content (AvgIpc) is 2.78. The van der Waals surface area contributed by atoms with Crippen molar-refractivity contribution >= 4 is 0 Å². The number of unbranched alkanes of at least 4 members (excludes halogenated alkanes) is 3. The predicted octanol–water partition coefficient (Wildman–Crippen LogP) is 3.12. The van der Waals surface area contributed by atoms with E-state index in [9.17, 15) is 5.11 Å². The van der Waals surface area contributed by atoms with Gasteiger partial charge in [-0.1, -0.05) is 39.5 Å². The first-order valence-corrected chi connectivity index (χ1v) is 5.37. The van der Waals surface area contributed by atoms with Crippen LogP contribution in [0.3, 0.4) is 0 Å². The third kappa shape index (κ3) is 2.78. The van der Waals surface area contributed by atoms with Gasteiger partial charge in [0.25, 0.3) is 0 Å². The van der Waals surface area contributed by atoms with Crippen molar-refractivity contribution in [2.24, 2.45) is 5.41 Å². The zero-order chi connectivity index (χ0) is 9.03. The van der Waals surface area contributed by atoms with Crippen LogP contribution < -0.4 is 0 Å². The second kappa shape index (κ2) is 4.27. The van der Waals surface area contributed by atoms with Gasteiger partial charge in [-0.05, 0) is 24.7 Å². The molecule has 12 heavy (non-hydrogen) atoms. The molecule has 0 aliphatic heterocycles. The van der Waals surface area contributed by atoms with E-state index in [2.05, 4.69) is 13.8 Å². The smallest absolute Gasteiger partial charge is 0.0593 e. The minimum atomic E-state index is -0.0191. The summed E-state index contributed by atoms with van der Waals surface area (Å²) in [5.74, 6) is 0. The van der Waals surface area contributed by atoms with Gasteiger partial charge >= 0.3 is 0 Å². The summed E-state index contributed by atoms with van der Waals surface area (Å²) in [6.45, 7) is 4.43. The molecule has 1 nitrogen and oxygen atoms in total. The minimum absolute atomic E-state index is 0.0191. The van der Waals surface area contributed by atoms with Crippen LogP contribution in [-0.4, -0.2) is 11.2 Å². The van der Waals surface area contributed by atoms with E-state index in [1.165, 1.54) is 38.5 Å². The van der Waals surface area contributed by atoms with Crippen molar-refractivity contribution in [2.75, 3.05) is 0 Å². The van der Waals surface area contributed by atoms with E-state index in [0.717, 1.165) is 6.42 Å². The van der Waals surface area contributed by atoms with Gasteiger partial charge < -0.3 is 5.11 Å². The molecule has 1 fully saturated rings. The Balaban J connectivity index is 1.99. The summed E-state index contributed by atoms with van der Waals surface area (Å²) in [7, 11) is 0. The third-order valence-electron chi connectivity index (χ3n) is 3.17. The van der Waals surface area contributed by atoms with E-state index >= 15 is 0 Å². The lowest BCUT2D eigenvalue weighted by Crippen LogP contribution is -2.18. The van der Waals surface area contributed by atoms with Crippen LogP contribution in [0.25, 0.3) is 0 Å². The lowest BCUT2D eigenvalue weighted by Gasteiger charge is -2.16. The predicted molar refractivity (Wildman–Crippen MR) is 52.1 cm³/mol. The highest BCUT2D eigenvalue weighted by molar-refractivity contribution is 4.94. The van der Waals surface area contributed by atoms with Crippen molar-refractivity contribution in [2.45, 2.75) is 64.9 Å². The molecule has 0 aromatic carbocycles. The molecular formula is C11H22O. The molecule has 1 aliphatic rings. The van der Waals surface area contributed by atoms with Gasteiger partial charge in [-0.3, -0.25) is 0 Å². The third-order valence-corrected chi connectivity index (χ3v) is 3.17. The van der Waals surface area contributed by atoms with E-state index in [1.807, 2.05) is 0 Å². The summed E-state index contributed by atoms with van der Waals surface area (Å²) in [6.07, 6.45) is 8.60. The van der Waals surface area contributed by atoms with Gasteiger partial charge in [-0.2, -0.15) is 0 Å². The van der Waals surface area contributed by atoms with E-state index in [-0.39, 0.29) is 6.10 Å². The Kier molecular flexibility index (Phi) is 3.57. The van der Waals surface area contributed by atoms with Crippen LogP contribution >= 0.6 is 0 Å². The van der Waals surface area contributed by atoms with Crippen molar-refractivity contribution in [1.29, 1.82) is 0 Å². The number of hydrogen-bond donors (Lipinski definition) is 1. The van der Waals surface area contributed by atoms with E-state index in [4.69, 9.17) is 0 Å². The van der Waals surface area contributed by atoms with Crippen molar-refractivity contribution in [1.82, 2.24) is 0 Å². The van der Waals surface area contributed by atoms with Gasteiger partial charge in [0.05, 0.1) is 6.10 Å². The first-order valence-electron chi connectivity index (χ1n) is 5.37. The lowest BCUT2D eigenvalue weighted by molar-refractivity contribution is 0.0913. The van der Waals surface area contributed by atoms with Crippen molar-refractivity contribution in [3.63, 3.8) is 0 Å². The fourth-order valence-corrected chi connectivity index (χ4v) is 1.64. The highest BCUT2D eigenvalue weighted by Crippen LogP contribution is 2.49. The Morgan fingerprint density at radius 3 is 2.42 bits per heavy atom. The van der Waals surface area contributed by atoms with Crippen LogP contribution in [0, 0.1) is 5.41 Å². The van der Waals surface area contributed by atoms with Gasteiger partial charge in [0.2, 0.25) is 0 Å². The van der Waals surface area contributed by atoms with Crippen LogP contribution in [-0.2, 0) is 0 Å². The maximum atomic E-state index is 9.75. The Labute approximate surface area is 76.2 Å². The Hall–Kier alpha value is -0.0400. The Bertz CT molecular complexity index is 127. The first-order chi connectivity index (χ1) is 5.69. The zero-order valence-corrected chi connectivity index (χ0v) is 8.47. The largest absolute Gasteiger partial charge is 0.393 e. The van der Waals surface area contributed by atoms with E-state index in [0.29, 0.717) is 5.41 Å². The van der Waals surface area contributed by atoms with Crippen molar-refractivity contribution in [3.8, 4) is 0 Å². The van der Waals surface area contributed by atoms with Crippen LogP contribution in [0.1, 0.15) is 58.8 Å². The summed E-state index contributed by atoms with van der Waals surface area (Å²) in [5, 5.41) is 9.75. The van der Waals surface area contributed by atoms with Gasteiger partial charge in [0.15, 0.2) is 0 Å². The van der Waals surface area contributed by atoms with Crippen molar-refractivity contribution in [3.05, 3.63) is 0 Å². The SMILES string of the molecule is CCCCCCC(O)C1(C)CC1. The molecule has 1 heteroatoms. The van der Waals surface area contributed by atoms with Crippen LogP contribution in [0.5, 0.6) is 0 Å². The van der Waals surface area contributed by atoms with Crippen LogP contribution in [0.15, 0.2) is 0 Å². The first kappa shape index (κ1) is 10.0. The standard InChI is InChI=1S/C11H22O/c1-3-4-5-6-7-10(12)11(2)8-9-11/h10,12H,3-9H2,1-2H3. The molecule has 0 spiro atoms. The molecule has 0 aromatic rings. The normalized spacial score (nSPS) is 22.2. The van der Waals surface area contributed by atoms with Gasteiger partial charge in [0.1, 0.15) is 0 Å². The molecule has 0 radical (unpaired) electrons. The molecule has 0 aromatic heterocycles. The van der Waals surface area contributed by atoms with Gasteiger partial charge in [-0.25, -0.2) is 0 Å². The molecule has 1 atom stereocenters. The molecule has 1 unspecified atom stereocenters. The molecule has 1 saturated carbocycles. The number of aliphatic hydroxyl groups excluding tert-OH is 1. The molecule has 1 N–H and O–H groups in total. The highest BCUT2D eigenvalue weighted by atomic mass is 16.3. The molecule has 0 heterocycles. The summed E-state index contributed by atoms with van der Waals surface area (Å²) >= 11 is 0. The lowest BCUT2D eigenvalue weighted by atomic mass is 9.96. The topological polar surface area (TPSA) is 20.2 Å². The average molecular weight is 170 g/mol. The number of aliphatic hydroxyl groups is 1. The van der Waals surface area contributed by atoms with Crippen LogP contribution in [0.4, 0.5) is 0 Å². The molecule has 1 aliphatic carbocycles. The summed E-state index contributed by atoms with van der Waals surface area (Å²) in [4.78, 5) is 0. The monoisotopic (exact) mass is 170 g/mol. The number of rotatable bonds is 6. The minimum Gasteiger partial charge on any atom is -0.393 e. The van der Waals surface area contributed by atoms with Crippen LogP contribution in [0.2, 0.25) is 0 Å². The molecule has 1 rings (SSSR count). The van der Waals surface area contributed by atoms with E-state index < -0.39 is 0 Å². The molecule has 0 bridgehead atoms. The molecule has 0 amide bonds. The fourth-order valence-electron chi connectivity index (χ4n) is 1.64. The maximum absolute atomic E-state index is 9.75. The van der Waals surface area contributed by atoms with E-state index in [1.54, 1.807) is 0 Å². The zero-order valence-electron chi connectivity index (χ0n) is 8.47. The van der Waals surface area contributed by atoms with Crippen molar-refractivity contribution < 1.29 is 5.11 Å². The maximum Gasteiger partial charge on any atom is 0.0593 e. The summed E-state index contributed by atoms with van der Waals surface area (Å²) < 4.78 is 0. The Morgan fingerprint density at radius 2 is 1.92 bits per heavy atom.